The van der Waals surface area contributed by atoms with Gasteiger partial charge in [0.05, 0.1) is 5.69 Å². The van der Waals surface area contributed by atoms with E-state index < -0.39 is 0 Å². The maximum atomic E-state index is 6.18. The highest BCUT2D eigenvalue weighted by molar-refractivity contribution is 5.57. The van der Waals surface area contributed by atoms with Crippen LogP contribution in [0.5, 0.6) is 11.5 Å². The molecule has 4 nitrogen and oxygen atoms in total. The number of hydrogen-bond donors (Lipinski definition) is 2. The van der Waals surface area contributed by atoms with Gasteiger partial charge >= 0.3 is 0 Å². The predicted octanol–water partition coefficient (Wildman–Crippen LogP) is 6.00. The first kappa shape index (κ1) is 20.9. The largest absolute Gasteiger partial charge is 0.455 e. The summed E-state index contributed by atoms with van der Waals surface area (Å²) < 4.78 is 12.3. The molecule has 0 aliphatic rings. The highest BCUT2D eigenvalue weighted by Crippen LogP contribution is 2.28. The molecule has 0 aromatic heterocycles. The molecule has 1 unspecified atom stereocenters. The van der Waals surface area contributed by atoms with E-state index in [0.717, 1.165) is 35.4 Å². The molecule has 27 heavy (non-hydrogen) atoms. The monoisotopic (exact) mass is 370 g/mol. The molecule has 0 saturated heterocycles. The second kappa shape index (κ2) is 10.7. The number of hydrogen-bond acceptors (Lipinski definition) is 4. The van der Waals surface area contributed by atoms with Crippen LogP contribution in [0.4, 0.5) is 11.4 Å². The number of ether oxygens (including phenoxy) is 2. The van der Waals surface area contributed by atoms with Crippen molar-refractivity contribution in [1.82, 2.24) is 0 Å². The molecular formula is C23H34N2O2. The van der Waals surface area contributed by atoms with Crippen molar-refractivity contribution in [3.05, 3.63) is 47.5 Å². The number of aryl methyl sites for hydroxylation is 2. The molecule has 4 N–H and O–H groups in total. The van der Waals surface area contributed by atoms with Gasteiger partial charge in [-0.3, -0.25) is 0 Å². The molecule has 0 amide bonds. The Hall–Kier alpha value is -2.36. The zero-order valence-electron chi connectivity index (χ0n) is 17.0. The molecule has 0 bridgehead atoms. The van der Waals surface area contributed by atoms with Crippen molar-refractivity contribution in [2.75, 3.05) is 11.5 Å². The fourth-order valence-electron chi connectivity index (χ4n) is 3.00. The minimum atomic E-state index is -0.372. The fraction of sp³-hybridized carbons (Fsp3) is 0.478. The third-order valence-electron chi connectivity index (χ3n) is 4.84. The Morgan fingerprint density at radius 2 is 1.59 bits per heavy atom. The Labute approximate surface area is 163 Å². The van der Waals surface area contributed by atoms with Crippen molar-refractivity contribution in [1.29, 1.82) is 0 Å². The summed E-state index contributed by atoms with van der Waals surface area (Å²) in [4.78, 5) is 0. The third kappa shape index (κ3) is 6.70. The summed E-state index contributed by atoms with van der Waals surface area (Å²) in [5.41, 5.74) is 15.5. The number of nitrogens with two attached hydrogens (primary N) is 2. The van der Waals surface area contributed by atoms with Crippen LogP contribution in [0.25, 0.3) is 0 Å². The molecule has 1 atom stereocenters. The molecule has 148 valence electrons. The predicted molar refractivity (Wildman–Crippen MR) is 114 cm³/mol. The topological polar surface area (TPSA) is 70.5 Å². The van der Waals surface area contributed by atoms with Crippen molar-refractivity contribution < 1.29 is 9.47 Å². The highest BCUT2D eigenvalue weighted by Gasteiger charge is 2.15. The van der Waals surface area contributed by atoms with Crippen LogP contribution in [0.15, 0.2) is 36.4 Å². The molecule has 0 heterocycles. The lowest BCUT2D eigenvalue weighted by Gasteiger charge is -2.22. The lowest BCUT2D eigenvalue weighted by Crippen LogP contribution is -2.24. The molecule has 2 aromatic rings. The average molecular weight is 371 g/mol. The van der Waals surface area contributed by atoms with E-state index in [1.807, 2.05) is 50.2 Å². The van der Waals surface area contributed by atoms with E-state index in [1.54, 1.807) is 0 Å². The normalized spacial score (nSPS) is 12.0. The van der Waals surface area contributed by atoms with Crippen molar-refractivity contribution in [3.63, 3.8) is 0 Å². The lowest BCUT2D eigenvalue weighted by molar-refractivity contribution is -0.00194. The standard InChI is InChI=1S/C23H34N2O2/c1-4-5-6-7-8-9-13-22(26-19-14-15-20(24)18(3)16-19)27-21-12-10-11-17(2)23(21)25/h10-12,14-16,22H,4-9,13,24-25H2,1-3H3. The minimum absolute atomic E-state index is 0.372. The van der Waals surface area contributed by atoms with Crippen LogP contribution >= 0.6 is 0 Å². The summed E-state index contributed by atoms with van der Waals surface area (Å²) in [6.07, 6.45) is 7.82. The van der Waals surface area contributed by atoms with E-state index in [4.69, 9.17) is 20.9 Å². The molecule has 4 heteroatoms. The van der Waals surface area contributed by atoms with Crippen LogP contribution < -0.4 is 20.9 Å². The quantitative estimate of drug-likeness (QED) is 0.289. The molecule has 2 aromatic carbocycles. The first-order valence-electron chi connectivity index (χ1n) is 10.1. The van der Waals surface area contributed by atoms with Crippen molar-refractivity contribution >= 4 is 11.4 Å². The Morgan fingerprint density at radius 3 is 2.33 bits per heavy atom. The highest BCUT2D eigenvalue weighted by atomic mass is 16.7. The Bertz CT molecular complexity index is 716. The van der Waals surface area contributed by atoms with Gasteiger partial charge in [0.25, 0.3) is 0 Å². The first-order chi connectivity index (χ1) is 13.0. The maximum absolute atomic E-state index is 6.18. The molecule has 0 spiro atoms. The van der Waals surface area contributed by atoms with Gasteiger partial charge in [0.15, 0.2) is 0 Å². The molecule has 0 saturated carbocycles. The van der Waals surface area contributed by atoms with Crippen molar-refractivity contribution in [2.24, 2.45) is 0 Å². The number of nitrogen functional groups attached to an aromatic ring is 2. The van der Waals surface area contributed by atoms with E-state index in [2.05, 4.69) is 6.92 Å². The van der Waals surface area contributed by atoms with Gasteiger partial charge in [0.1, 0.15) is 11.5 Å². The second-order valence-electron chi connectivity index (χ2n) is 7.23. The molecule has 0 fully saturated rings. The van der Waals surface area contributed by atoms with Crippen molar-refractivity contribution in [3.8, 4) is 11.5 Å². The Balaban J connectivity index is 2.02. The fourth-order valence-corrected chi connectivity index (χ4v) is 3.00. The summed E-state index contributed by atoms with van der Waals surface area (Å²) in [6, 6.07) is 11.5. The van der Waals surface area contributed by atoms with Crippen molar-refractivity contribution in [2.45, 2.75) is 72.0 Å². The van der Waals surface area contributed by atoms with E-state index >= 15 is 0 Å². The number of rotatable bonds is 11. The Kier molecular flexibility index (Phi) is 8.31. The molecule has 2 rings (SSSR count). The van der Waals surface area contributed by atoms with E-state index in [1.165, 1.54) is 32.1 Å². The van der Waals surface area contributed by atoms with Gasteiger partial charge in [-0.15, -0.1) is 0 Å². The van der Waals surface area contributed by atoms with Gasteiger partial charge in [-0.1, -0.05) is 51.2 Å². The third-order valence-corrected chi connectivity index (χ3v) is 4.84. The van der Waals surface area contributed by atoms with E-state index in [-0.39, 0.29) is 6.29 Å². The number of benzene rings is 2. The van der Waals surface area contributed by atoms with E-state index in [0.29, 0.717) is 11.4 Å². The first-order valence-corrected chi connectivity index (χ1v) is 10.1. The van der Waals surface area contributed by atoms with Gasteiger partial charge in [0.2, 0.25) is 6.29 Å². The van der Waals surface area contributed by atoms with Crippen LogP contribution in [0, 0.1) is 13.8 Å². The molecule has 0 aliphatic heterocycles. The summed E-state index contributed by atoms with van der Waals surface area (Å²) >= 11 is 0. The van der Waals surface area contributed by atoms with Crippen LogP contribution in [0.3, 0.4) is 0 Å². The Morgan fingerprint density at radius 1 is 0.852 bits per heavy atom. The molecule has 0 aliphatic carbocycles. The number of anilines is 2. The second-order valence-corrected chi connectivity index (χ2v) is 7.23. The average Bonchev–Trinajstić information content (AvgIpc) is 2.64. The van der Waals surface area contributed by atoms with Crippen LogP contribution in [0.1, 0.15) is 63.0 Å². The minimum Gasteiger partial charge on any atom is -0.455 e. The van der Waals surface area contributed by atoms with Gasteiger partial charge in [-0.2, -0.15) is 0 Å². The van der Waals surface area contributed by atoms with Gasteiger partial charge < -0.3 is 20.9 Å². The summed E-state index contributed by atoms with van der Waals surface area (Å²) in [5, 5.41) is 0. The molecular weight excluding hydrogens is 336 g/mol. The summed E-state index contributed by atoms with van der Waals surface area (Å²) in [6.45, 7) is 6.19. The zero-order chi connectivity index (χ0) is 19.6. The molecule has 0 radical (unpaired) electrons. The maximum Gasteiger partial charge on any atom is 0.241 e. The zero-order valence-corrected chi connectivity index (χ0v) is 17.0. The van der Waals surface area contributed by atoms with Gasteiger partial charge in [0, 0.05) is 12.1 Å². The van der Waals surface area contributed by atoms with Crippen LogP contribution in [-0.4, -0.2) is 6.29 Å². The smallest absolute Gasteiger partial charge is 0.241 e. The summed E-state index contributed by atoms with van der Waals surface area (Å²) in [5.74, 6) is 1.45. The number of para-hydroxylation sites is 1. The van der Waals surface area contributed by atoms with Gasteiger partial charge in [-0.05, 0) is 55.7 Å². The van der Waals surface area contributed by atoms with E-state index in [9.17, 15) is 0 Å². The summed E-state index contributed by atoms with van der Waals surface area (Å²) in [7, 11) is 0. The van der Waals surface area contributed by atoms with Crippen LogP contribution in [0.2, 0.25) is 0 Å². The lowest BCUT2D eigenvalue weighted by atomic mass is 10.1. The van der Waals surface area contributed by atoms with Crippen LogP contribution in [-0.2, 0) is 0 Å². The van der Waals surface area contributed by atoms with Gasteiger partial charge in [-0.25, -0.2) is 0 Å². The SMILES string of the molecule is CCCCCCCCC(Oc1ccc(N)c(C)c1)Oc1cccc(C)c1N. The number of unbranched alkanes of at least 4 members (excludes halogenated alkanes) is 5.